The first kappa shape index (κ1) is 25.3. The largest absolute Gasteiger partial charge is 0.494 e. The van der Waals surface area contributed by atoms with Gasteiger partial charge >= 0.3 is 6.09 Å². The summed E-state index contributed by atoms with van der Waals surface area (Å²) >= 11 is 0. The Morgan fingerprint density at radius 3 is 2.09 bits per heavy atom. The third-order valence-corrected chi connectivity index (χ3v) is 4.98. The Bertz CT molecular complexity index is 1090. The molecule has 35 heavy (non-hydrogen) atoms. The summed E-state index contributed by atoms with van der Waals surface area (Å²) in [6.45, 7) is 2.27. The number of nitrogens with one attached hydrogen (secondary N) is 3. The van der Waals surface area contributed by atoms with Gasteiger partial charge in [-0.05, 0) is 42.3 Å². The molecular formula is C27H29N3O5. The molecule has 0 fully saturated rings. The highest BCUT2D eigenvalue weighted by Crippen LogP contribution is 2.15. The van der Waals surface area contributed by atoms with Gasteiger partial charge in [-0.1, -0.05) is 60.7 Å². The maximum absolute atomic E-state index is 12.9. The number of alkyl carbamates (subject to hydrolysis) is 1. The number of ether oxygens (including phenoxy) is 2. The molecule has 0 aliphatic rings. The SMILES string of the molecule is CCOc1ccc(NC(=O)CNC(=O)[C@H](Cc2ccccc2)NC(=O)OCc2ccccc2)cc1. The highest BCUT2D eigenvalue weighted by Gasteiger charge is 2.22. The topological polar surface area (TPSA) is 106 Å². The fraction of sp³-hybridized carbons (Fsp3) is 0.222. The van der Waals surface area contributed by atoms with Crippen molar-refractivity contribution >= 4 is 23.6 Å². The van der Waals surface area contributed by atoms with Crippen LogP contribution in [0.2, 0.25) is 0 Å². The van der Waals surface area contributed by atoms with Crippen LogP contribution in [0.4, 0.5) is 10.5 Å². The van der Waals surface area contributed by atoms with Gasteiger partial charge in [-0.25, -0.2) is 4.79 Å². The minimum absolute atomic E-state index is 0.0802. The summed E-state index contributed by atoms with van der Waals surface area (Å²) in [5, 5.41) is 7.91. The molecule has 0 radical (unpaired) electrons. The average molecular weight is 476 g/mol. The van der Waals surface area contributed by atoms with Gasteiger partial charge in [-0.2, -0.15) is 0 Å². The fourth-order valence-corrected chi connectivity index (χ4v) is 3.26. The number of amides is 3. The monoisotopic (exact) mass is 475 g/mol. The van der Waals surface area contributed by atoms with Crippen molar-refractivity contribution in [1.29, 1.82) is 0 Å². The molecule has 0 aromatic heterocycles. The van der Waals surface area contributed by atoms with Crippen molar-refractivity contribution in [2.75, 3.05) is 18.5 Å². The zero-order valence-corrected chi connectivity index (χ0v) is 19.5. The lowest BCUT2D eigenvalue weighted by Crippen LogP contribution is -2.49. The van der Waals surface area contributed by atoms with E-state index in [1.807, 2.05) is 67.6 Å². The van der Waals surface area contributed by atoms with Gasteiger partial charge in [0, 0.05) is 12.1 Å². The van der Waals surface area contributed by atoms with Gasteiger partial charge in [-0.15, -0.1) is 0 Å². The van der Waals surface area contributed by atoms with E-state index in [1.165, 1.54) is 0 Å². The highest BCUT2D eigenvalue weighted by atomic mass is 16.5. The van der Waals surface area contributed by atoms with Gasteiger partial charge in [0.25, 0.3) is 0 Å². The van der Waals surface area contributed by atoms with E-state index in [4.69, 9.17) is 9.47 Å². The predicted octanol–water partition coefficient (Wildman–Crippen LogP) is 3.68. The second-order valence-corrected chi connectivity index (χ2v) is 7.67. The molecule has 3 amide bonds. The molecule has 0 aliphatic carbocycles. The number of benzene rings is 3. The van der Waals surface area contributed by atoms with Gasteiger partial charge in [0.15, 0.2) is 0 Å². The summed E-state index contributed by atoms with van der Waals surface area (Å²) < 4.78 is 10.6. The molecule has 182 valence electrons. The molecule has 3 aromatic rings. The minimum Gasteiger partial charge on any atom is -0.494 e. The first-order valence-electron chi connectivity index (χ1n) is 11.3. The van der Waals surface area contributed by atoms with Crippen molar-refractivity contribution in [3.8, 4) is 5.75 Å². The van der Waals surface area contributed by atoms with E-state index in [1.54, 1.807) is 24.3 Å². The summed E-state index contributed by atoms with van der Waals surface area (Å²) in [5.41, 5.74) is 2.27. The lowest BCUT2D eigenvalue weighted by Gasteiger charge is -2.18. The Labute approximate surface area is 204 Å². The van der Waals surface area contributed by atoms with E-state index in [9.17, 15) is 14.4 Å². The first-order chi connectivity index (χ1) is 17.0. The summed E-state index contributed by atoms with van der Waals surface area (Å²) in [6.07, 6.45) is -0.475. The van der Waals surface area contributed by atoms with Crippen LogP contribution in [0, 0.1) is 0 Å². The quantitative estimate of drug-likeness (QED) is 0.392. The Balaban J connectivity index is 1.54. The molecule has 0 spiro atoms. The van der Waals surface area contributed by atoms with Crippen LogP contribution < -0.4 is 20.7 Å². The Kier molecular flexibility index (Phi) is 9.68. The Morgan fingerprint density at radius 2 is 1.46 bits per heavy atom. The van der Waals surface area contributed by atoms with Crippen LogP contribution in [0.1, 0.15) is 18.1 Å². The fourth-order valence-electron chi connectivity index (χ4n) is 3.26. The molecule has 8 nitrogen and oxygen atoms in total. The second kappa shape index (κ2) is 13.4. The maximum Gasteiger partial charge on any atom is 0.408 e. The number of hydrogen-bond donors (Lipinski definition) is 3. The number of carbonyl (C=O) groups is 3. The highest BCUT2D eigenvalue weighted by molar-refractivity contribution is 5.95. The number of anilines is 1. The zero-order valence-electron chi connectivity index (χ0n) is 19.5. The average Bonchev–Trinajstić information content (AvgIpc) is 2.88. The summed E-state index contributed by atoms with van der Waals surface area (Å²) in [5.74, 6) is -0.187. The lowest BCUT2D eigenvalue weighted by atomic mass is 10.1. The molecule has 0 saturated heterocycles. The zero-order chi connectivity index (χ0) is 24.9. The van der Waals surface area contributed by atoms with Crippen LogP contribution in [0.15, 0.2) is 84.9 Å². The van der Waals surface area contributed by atoms with Crippen LogP contribution in [0.3, 0.4) is 0 Å². The van der Waals surface area contributed by atoms with Crippen molar-refractivity contribution in [2.24, 2.45) is 0 Å². The van der Waals surface area contributed by atoms with Gasteiger partial charge in [0.2, 0.25) is 11.8 Å². The van der Waals surface area contributed by atoms with Crippen LogP contribution in [-0.4, -0.2) is 37.1 Å². The molecule has 0 bridgehead atoms. The lowest BCUT2D eigenvalue weighted by molar-refractivity contribution is -0.125. The normalized spacial score (nSPS) is 11.1. The Morgan fingerprint density at radius 1 is 0.829 bits per heavy atom. The van der Waals surface area contributed by atoms with E-state index in [-0.39, 0.29) is 19.6 Å². The van der Waals surface area contributed by atoms with Crippen molar-refractivity contribution in [3.63, 3.8) is 0 Å². The van der Waals surface area contributed by atoms with Crippen LogP contribution in [0.5, 0.6) is 5.75 Å². The van der Waals surface area contributed by atoms with Crippen molar-refractivity contribution < 1.29 is 23.9 Å². The molecule has 3 rings (SSSR count). The van der Waals surface area contributed by atoms with Crippen LogP contribution in [0.25, 0.3) is 0 Å². The third-order valence-electron chi connectivity index (χ3n) is 4.98. The van der Waals surface area contributed by atoms with E-state index in [0.29, 0.717) is 18.0 Å². The molecule has 8 heteroatoms. The molecule has 0 unspecified atom stereocenters. The summed E-state index contributed by atoms with van der Waals surface area (Å²) in [4.78, 5) is 37.5. The van der Waals surface area contributed by atoms with E-state index in [2.05, 4.69) is 16.0 Å². The first-order valence-corrected chi connectivity index (χ1v) is 11.3. The van der Waals surface area contributed by atoms with Gasteiger partial charge < -0.3 is 25.4 Å². The molecule has 1 atom stereocenters. The molecular weight excluding hydrogens is 446 g/mol. The molecule has 0 saturated carbocycles. The van der Waals surface area contributed by atoms with E-state index >= 15 is 0 Å². The maximum atomic E-state index is 12.9. The Hall–Kier alpha value is -4.33. The molecule has 3 N–H and O–H groups in total. The van der Waals surface area contributed by atoms with Crippen molar-refractivity contribution in [2.45, 2.75) is 26.0 Å². The smallest absolute Gasteiger partial charge is 0.408 e. The van der Waals surface area contributed by atoms with Crippen LogP contribution in [-0.2, 0) is 27.4 Å². The van der Waals surface area contributed by atoms with Crippen LogP contribution >= 0.6 is 0 Å². The summed E-state index contributed by atoms with van der Waals surface area (Å²) in [6, 6.07) is 24.5. The number of carbonyl (C=O) groups excluding carboxylic acids is 3. The standard InChI is InChI=1S/C27H29N3O5/c1-2-34-23-15-13-22(14-16-23)29-25(31)18-28-26(32)24(17-20-9-5-3-6-10-20)30-27(33)35-19-21-11-7-4-8-12-21/h3-16,24H,2,17-19H2,1H3,(H,28,32)(H,29,31)(H,30,33)/t24-/m0/s1. The molecule has 3 aromatic carbocycles. The summed E-state index contributed by atoms with van der Waals surface area (Å²) in [7, 11) is 0. The minimum atomic E-state index is -0.918. The van der Waals surface area contributed by atoms with Crippen molar-refractivity contribution in [1.82, 2.24) is 10.6 Å². The molecule has 0 aliphatic heterocycles. The van der Waals surface area contributed by atoms with E-state index < -0.39 is 23.9 Å². The third kappa shape index (κ3) is 8.85. The van der Waals surface area contributed by atoms with Gasteiger partial charge in [0.05, 0.1) is 13.2 Å². The number of rotatable bonds is 11. The predicted molar refractivity (Wildman–Crippen MR) is 133 cm³/mol. The van der Waals surface area contributed by atoms with Gasteiger partial charge in [-0.3, -0.25) is 9.59 Å². The van der Waals surface area contributed by atoms with Gasteiger partial charge in [0.1, 0.15) is 18.4 Å². The van der Waals surface area contributed by atoms with Crippen molar-refractivity contribution in [3.05, 3.63) is 96.1 Å². The van der Waals surface area contributed by atoms with E-state index in [0.717, 1.165) is 11.1 Å². The second-order valence-electron chi connectivity index (χ2n) is 7.67. The number of hydrogen-bond acceptors (Lipinski definition) is 5. The molecule has 0 heterocycles.